The van der Waals surface area contributed by atoms with Gasteiger partial charge in [0.05, 0.1) is 12.8 Å². The van der Waals surface area contributed by atoms with Crippen molar-refractivity contribution in [1.29, 1.82) is 0 Å². The van der Waals surface area contributed by atoms with E-state index < -0.39 is 12.2 Å². The van der Waals surface area contributed by atoms with Crippen LogP contribution in [0, 0.1) is 0 Å². The SMILES string of the molecule is COC[C@@H](F)CN(CCCCc1ccc2c(n1)NCCC2)CC[C@H](Nc1cncc(-c2ccccc2)[n+]1O)C(C)=O. The summed E-state index contributed by atoms with van der Waals surface area (Å²) in [5, 5.41) is 17.4. The van der Waals surface area contributed by atoms with Crippen molar-refractivity contribution >= 4 is 17.4 Å². The highest BCUT2D eigenvalue weighted by Crippen LogP contribution is 2.20. The molecule has 3 heterocycles. The number of aromatic nitrogens is 3. The zero-order valence-electron chi connectivity index (χ0n) is 24.1. The molecule has 1 aliphatic rings. The molecule has 0 amide bonds. The third kappa shape index (κ3) is 8.93. The lowest BCUT2D eigenvalue weighted by Crippen LogP contribution is -2.43. The van der Waals surface area contributed by atoms with Crippen LogP contribution in [0.1, 0.15) is 43.9 Å². The number of nitrogens with zero attached hydrogens (tertiary/aromatic N) is 4. The molecular weight excluding hydrogens is 523 g/mol. The molecule has 0 fully saturated rings. The van der Waals surface area contributed by atoms with Gasteiger partial charge in [0, 0.05) is 44.4 Å². The minimum absolute atomic E-state index is 0.0272. The van der Waals surface area contributed by atoms with E-state index in [0.29, 0.717) is 31.0 Å². The maximum Gasteiger partial charge on any atom is 0.333 e. The minimum Gasteiger partial charge on any atom is -0.382 e. The van der Waals surface area contributed by atoms with Crippen LogP contribution in [0.15, 0.2) is 54.9 Å². The Morgan fingerprint density at radius 2 is 2.02 bits per heavy atom. The van der Waals surface area contributed by atoms with Crippen molar-refractivity contribution < 1.29 is 23.9 Å². The van der Waals surface area contributed by atoms with Gasteiger partial charge in [0.2, 0.25) is 0 Å². The number of hydrogen-bond donors (Lipinski definition) is 3. The van der Waals surface area contributed by atoms with E-state index in [1.807, 2.05) is 30.3 Å². The first-order chi connectivity index (χ1) is 19.9. The molecule has 0 spiro atoms. The van der Waals surface area contributed by atoms with Gasteiger partial charge in [-0.1, -0.05) is 36.4 Å². The summed E-state index contributed by atoms with van der Waals surface area (Å²) in [4.78, 5) is 23.7. The van der Waals surface area contributed by atoms with Crippen LogP contribution in [0.4, 0.5) is 16.0 Å². The first-order valence-corrected chi connectivity index (χ1v) is 14.4. The van der Waals surface area contributed by atoms with E-state index in [1.165, 1.54) is 25.8 Å². The molecule has 10 heteroatoms. The monoisotopic (exact) mass is 565 g/mol. The van der Waals surface area contributed by atoms with Crippen molar-refractivity contribution in [1.82, 2.24) is 14.9 Å². The number of halogens is 1. The van der Waals surface area contributed by atoms with E-state index in [0.717, 1.165) is 60.5 Å². The average Bonchev–Trinajstić information content (AvgIpc) is 2.98. The largest absolute Gasteiger partial charge is 0.382 e. The number of alkyl halides is 1. The van der Waals surface area contributed by atoms with Crippen molar-refractivity contribution in [3.63, 3.8) is 0 Å². The normalized spacial score (nSPS) is 14.2. The van der Waals surface area contributed by atoms with E-state index in [2.05, 4.69) is 32.7 Å². The Bertz CT molecular complexity index is 1260. The number of aryl methyl sites for hydroxylation is 2. The highest BCUT2D eigenvalue weighted by atomic mass is 19.1. The van der Waals surface area contributed by atoms with Crippen LogP contribution in [-0.2, 0) is 22.4 Å². The van der Waals surface area contributed by atoms with Gasteiger partial charge in [0.25, 0.3) is 0 Å². The van der Waals surface area contributed by atoms with Gasteiger partial charge in [-0.05, 0) is 61.9 Å². The number of methoxy groups -OCH3 is 1. The summed E-state index contributed by atoms with van der Waals surface area (Å²) >= 11 is 0. The highest BCUT2D eigenvalue weighted by molar-refractivity contribution is 5.83. The third-order valence-corrected chi connectivity index (χ3v) is 7.38. The number of carbonyl (C=O) groups excluding carboxylic acids is 1. The summed E-state index contributed by atoms with van der Waals surface area (Å²) in [5.74, 6) is 1.25. The molecular formula is C31H42FN6O3+. The van der Waals surface area contributed by atoms with E-state index >= 15 is 0 Å². The van der Waals surface area contributed by atoms with Crippen molar-refractivity contribution in [2.24, 2.45) is 0 Å². The number of ketones is 1. The predicted octanol–water partition coefficient (Wildman–Crippen LogP) is 4.10. The molecule has 1 aromatic carbocycles. The van der Waals surface area contributed by atoms with Gasteiger partial charge in [-0.15, -0.1) is 0 Å². The smallest absolute Gasteiger partial charge is 0.333 e. The highest BCUT2D eigenvalue weighted by Gasteiger charge is 2.25. The Morgan fingerprint density at radius 3 is 2.80 bits per heavy atom. The minimum atomic E-state index is -1.12. The number of pyridine rings is 1. The van der Waals surface area contributed by atoms with Crippen LogP contribution >= 0.6 is 0 Å². The second-order valence-electron chi connectivity index (χ2n) is 10.6. The fourth-order valence-electron chi connectivity index (χ4n) is 5.15. The topological polar surface area (TPSA) is 103 Å². The Hall–Kier alpha value is -3.63. The molecule has 0 bridgehead atoms. The molecule has 4 rings (SSSR count). The van der Waals surface area contributed by atoms with Gasteiger partial charge in [-0.25, -0.2) is 9.37 Å². The van der Waals surface area contributed by atoms with Gasteiger partial charge < -0.3 is 20.2 Å². The Morgan fingerprint density at radius 1 is 1.20 bits per heavy atom. The van der Waals surface area contributed by atoms with Crippen molar-refractivity contribution in [2.75, 3.05) is 50.5 Å². The van der Waals surface area contributed by atoms with Crippen molar-refractivity contribution in [3.8, 4) is 11.3 Å². The lowest BCUT2D eigenvalue weighted by Gasteiger charge is -2.25. The second kappa shape index (κ2) is 15.4. The van der Waals surface area contributed by atoms with Gasteiger partial charge in [-0.3, -0.25) is 15.1 Å². The van der Waals surface area contributed by atoms with E-state index in [-0.39, 0.29) is 18.9 Å². The molecule has 0 aliphatic carbocycles. The number of anilines is 2. The number of nitrogens with one attached hydrogen (secondary N) is 2. The van der Waals surface area contributed by atoms with Crippen molar-refractivity contribution in [2.45, 2.75) is 57.7 Å². The van der Waals surface area contributed by atoms with Gasteiger partial charge in [0.1, 0.15) is 18.2 Å². The quantitative estimate of drug-likeness (QED) is 0.136. The van der Waals surface area contributed by atoms with Crippen LogP contribution in [0.25, 0.3) is 11.3 Å². The van der Waals surface area contributed by atoms with E-state index in [1.54, 1.807) is 6.20 Å². The number of unbranched alkanes of at least 4 members (excludes halogenated alkanes) is 1. The lowest BCUT2D eigenvalue weighted by molar-refractivity contribution is -0.885. The molecule has 3 aromatic rings. The maximum atomic E-state index is 14.6. The van der Waals surface area contributed by atoms with Crippen LogP contribution in [-0.4, -0.2) is 78.0 Å². The summed E-state index contributed by atoms with van der Waals surface area (Å²) in [6.07, 6.45) is 7.26. The molecule has 2 aromatic heterocycles. The molecule has 1 aliphatic heterocycles. The number of rotatable bonds is 16. The summed E-state index contributed by atoms with van der Waals surface area (Å²) in [6.45, 7) is 3.95. The molecule has 0 radical (unpaired) electrons. The second-order valence-corrected chi connectivity index (χ2v) is 10.6. The van der Waals surface area contributed by atoms with E-state index in [9.17, 15) is 14.4 Å². The molecule has 0 saturated carbocycles. The molecule has 3 N–H and O–H groups in total. The number of fused-ring (bicyclic) bond motifs is 1. The Balaban J connectivity index is 1.34. The molecule has 41 heavy (non-hydrogen) atoms. The van der Waals surface area contributed by atoms with Gasteiger partial charge in [0.15, 0.2) is 17.5 Å². The summed E-state index contributed by atoms with van der Waals surface area (Å²) in [7, 11) is 1.49. The van der Waals surface area contributed by atoms with Gasteiger partial charge in [-0.2, -0.15) is 0 Å². The summed E-state index contributed by atoms with van der Waals surface area (Å²) < 4.78 is 20.6. The van der Waals surface area contributed by atoms with Crippen LogP contribution in [0.5, 0.6) is 0 Å². The van der Waals surface area contributed by atoms with Crippen LogP contribution in [0.2, 0.25) is 0 Å². The van der Waals surface area contributed by atoms with Gasteiger partial charge >= 0.3 is 5.82 Å². The van der Waals surface area contributed by atoms with Crippen molar-refractivity contribution in [3.05, 3.63) is 66.1 Å². The standard InChI is InChI=1S/C31H41FN6O3/c1-23(39)28(36-30-20-33-19-29(38(30)40)24-9-4-3-5-10-24)15-18-37(21-26(32)22-41-2)17-7-6-12-27-14-13-25-11-8-16-34-31(25)35-27/h3-5,9-10,13-14,19-20,26,28,40H,6-8,11-12,15-18,21-22H2,1-2H3,(H,34,35)/p+1/t26-,28-/m0/s1. The number of Topliss-reactive ketones (excluding diaryl/α,β-unsaturated/α-hetero) is 1. The summed E-state index contributed by atoms with van der Waals surface area (Å²) in [6, 6.07) is 13.1. The van der Waals surface area contributed by atoms with Crippen LogP contribution in [0.3, 0.4) is 0 Å². The molecule has 0 unspecified atom stereocenters. The van der Waals surface area contributed by atoms with Crippen LogP contribution < -0.4 is 15.4 Å². The first-order valence-electron chi connectivity index (χ1n) is 14.4. The Labute approximate surface area is 241 Å². The molecule has 0 saturated heterocycles. The third-order valence-electron chi connectivity index (χ3n) is 7.38. The Kier molecular flexibility index (Phi) is 11.4. The number of ether oxygens (including phenoxy) is 1. The number of benzene rings is 1. The lowest BCUT2D eigenvalue weighted by atomic mass is 10.1. The predicted molar refractivity (Wildman–Crippen MR) is 157 cm³/mol. The summed E-state index contributed by atoms with van der Waals surface area (Å²) in [5.41, 5.74) is 3.65. The molecule has 2 atom stereocenters. The fraction of sp³-hybridized carbons (Fsp3) is 0.484. The fourth-order valence-corrected chi connectivity index (χ4v) is 5.15. The zero-order valence-corrected chi connectivity index (χ0v) is 24.1. The number of carbonyl (C=O) groups is 1. The maximum absolute atomic E-state index is 14.6. The van der Waals surface area contributed by atoms with E-state index in [4.69, 9.17) is 9.72 Å². The number of hydrogen-bond acceptors (Lipinski definition) is 8. The average molecular weight is 566 g/mol. The first kappa shape index (κ1) is 30.3. The molecule has 220 valence electrons. The molecule has 9 nitrogen and oxygen atoms in total. The zero-order chi connectivity index (χ0) is 29.0.